The summed E-state index contributed by atoms with van der Waals surface area (Å²) in [6, 6.07) is 3.56. The molecule has 0 bridgehead atoms. The molecule has 2 N–H and O–H groups in total. The number of anilines is 1. The van der Waals surface area contributed by atoms with E-state index in [1.807, 2.05) is 18.9 Å². The van der Waals surface area contributed by atoms with Crippen LogP contribution < -0.4 is 10.6 Å². The van der Waals surface area contributed by atoms with E-state index in [4.69, 9.17) is 4.74 Å². The van der Waals surface area contributed by atoms with Gasteiger partial charge < -0.3 is 20.3 Å². The van der Waals surface area contributed by atoms with Crippen LogP contribution in [0.4, 0.5) is 10.1 Å². The van der Waals surface area contributed by atoms with Crippen molar-refractivity contribution in [2.24, 2.45) is 0 Å². The van der Waals surface area contributed by atoms with Crippen molar-refractivity contribution in [1.82, 2.24) is 15.1 Å². The van der Waals surface area contributed by atoms with Crippen molar-refractivity contribution in [3.63, 3.8) is 0 Å². The topological polar surface area (TPSA) is 73.9 Å². The minimum atomic E-state index is -0.419. The van der Waals surface area contributed by atoms with Gasteiger partial charge in [-0.05, 0) is 50.7 Å². The third-order valence-corrected chi connectivity index (χ3v) is 7.42. The molecule has 4 atom stereocenters. The van der Waals surface area contributed by atoms with Crippen molar-refractivity contribution < 1.29 is 18.7 Å². The van der Waals surface area contributed by atoms with Crippen LogP contribution in [0.3, 0.4) is 0 Å². The second-order valence-corrected chi connectivity index (χ2v) is 9.52. The van der Waals surface area contributed by atoms with Gasteiger partial charge in [-0.15, -0.1) is 0 Å². The highest BCUT2D eigenvalue weighted by Crippen LogP contribution is 2.32. The molecule has 0 aromatic heterocycles. The zero-order valence-electron chi connectivity index (χ0n) is 19.3. The van der Waals surface area contributed by atoms with Crippen molar-refractivity contribution in [2.45, 2.75) is 69.6 Å². The molecule has 2 fully saturated rings. The molecule has 1 aromatic carbocycles. The molecule has 7 nitrogen and oxygen atoms in total. The van der Waals surface area contributed by atoms with Crippen molar-refractivity contribution in [2.75, 3.05) is 39.2 Å². The molecule has 32 heavy (non-hydrogen) atoms. The molecule has 1 aliphatic carbocycles. The smallest absolute Gasteiger partial charge is 0.248 e. The number of carbonyl (C=O) groups is 2. The molecule has 1 aromatic rings. The number of fused-ring (bicyclic) bond motifs is 1. The van der Waals surface area contributed by atoms with E-state index in [1.165, 1.54) is 6.07 Å². The van der Waals surface area contributed by atoms with Crippen LogP contribution in [0.15, 0.2) is 12.1 Å². The largest absolute Gasteiger partial charge is 0.375 e. The van der Waals surface area contributed by atoms with Gasteiger partial charge in [0.15, 0.2) is 0 Å². The number of carbonyl (C=O) groups excluding carboxylic acids is 2. The number of aryl methyl sites for hydroxylation is 1. The zero-order valence-corrected chi connectivity index (χ0v) is 19.3. The number of likely N-dealkylation sites (N-methyl/N-ethyl adjacent to an activating group) is 1. The number of methoxy groups -OCH3 is 1. The van der Waals surface area contributed by atoms with E-state index in [0.717, 1.165) is 56.4 Å². The summed E-state index contributed by atoms with van der Waals surface area (Å²) in [7, 11) is 3.40. The number of nitrogens with zero attached hydrogens (tertiary/aromatic N) is 2. The van der Waals surface area contributed by atoms with Crippen LogP contribution in [0.2, 0.25) is 0 Å². The van der Waals surface area contributed by atoms with Gasteiger partial charge in [-0.2, -0.15) is 0 Å². The second-order valence-electron chi connectivity index (χ2n) is 9.52. The third kappa shape index (κ3) is 4.76. The molecule has 8 heteroatoms. The first kappa shape index (κ1) is 23.0. The van der Waals surface area contributed by atoms with Gasteiger partial charge in [0, 0.05) is 63.0 Å². The van der Waals surface area contributed by atoms with Crippen LogP contribution in [0.25, 0.3) is 0 Å². The maximum atomic E-state index is 14.2. The fraction of sp³-hybridized carbons (Fsp3) is 0.667. The number of nitrogens with one attached hydrogen (secondary N) is 2. The SMILES string of the molecule is COCC(=O)N(C)[C@H]1CCN(C2CCC[C@@H](NC(=O)C3Cc4c(F)ccc(C)c4N3)C2)C1. The highest BCUT2D eigenvalue weighted by atomic mass is 19.1. The van der Waals surface area contributed by atoms with E-state index >= 15 is 0 Å². The first-order chi connectivity index (χ1) is 15.4. The number of benzene rings is 1. The number of amides is 2. The van der Waals surface area contributed by atoms with Gasteiger partial charge in [-0.25, -0.2) is 4.39 Å². The summed E-state index contributed by atoms with van der Waals surface area (Å²) in [6.07, 6.45) is 5.43. The Kier molecular flexibility index (Phi) is 7.00. The molecule has 176 valence electrons. The first-order valence-electron chi connectivity index (χ1n) is 11.7. The van der Waals surface area contributed by atoms with E-state index in [0.29, 0.717) is 18.0 Å². The Morgan fingerprint density at radius 3 is 2.88 bits per heavy atom. The summed E-state index contributed by atoms with van der Waals surface area (Å²) < 4.78 is 19.1. The predicted octanol–water partition coefficient (Wildman–Crippen LogP) is 2.08. The molecule has 3 aliphatic rings. The lowest BCUT2D eigenvalue weighted by Gasteiger charge is -2.36. The Labute approximate surface area is 189 Å². The Bertz CT molecular complexity index is 833. The van der Waals surface area contributed by atoms with Gasteiger partial charge in [0.2, 0.25) is 11.8 Å². The number of ether oxygens (including phenoxy) is 1. The number of rotatable bonds is 6. The van der Waals surface area contributed by atoms with Crippen molar-refractivity contribution in [3.05, 3.63) is 29.1 Å². The monoisotopic (exact) mass is 446 g/mol. The minimum absolute atomic E-state index is 0.0184. The highest BCUT2D eigenvalue weighted by molar-refractivity contribution is 5.88. The summed E-state index contributed by atoms with van der Waals surface area (Å²) in [5, 5.41) is 6.45. The standard InChI is InChI=1S/C24H35FN4O3/c1-15-7-8-20(25)19-12-21(27-23(15)19)24(31)26-16-5-4-6-17(11-16)29-10-9-18(13-29)28(2)22(30)14-32-3/h7-8,16-18,21,27H,4-6,9-14H2,1-3H3,(H,26,31)/t16-,17?,18+,21?/m1/s1. The van der Waals surface area contributed by atoms with Gasteiger partial charge in [0.25, 0.3) is 0 Å². The third-order valence-electron chi connectivity index (χ3n) is 7.42. The molecule has 0 radical (unpaired) electrons. The van der Waals surface area contributed by atoms with E-state index in [9.17, 15) is 14.0 Å². The van der Waals surface area contributed by atoms with Gasteiger partial charge in [0.05, 0.1) is 0 Å². The second kappa shape index (κ2) is 9.75. The quantitative estimate of drug-likeness (QED) is 0.700. The molecule has 4 rings (SSSR count). The van der Waals surface area contributed by atoms with Gasteiger partial charge in [-0.3, -0.25) is 14.5 Å². The summed E-state index contributed by atoms with van der Waals surface area (Å²) in [6.45, 7) is 3.89. The molecule has 2 unspecified atom stereocenters. The van der Waals surface area contributed by atoms with Crippen LogP contribution in [-0.4, -0.2) is 79.6 Å². The molecule has 0 spiro atoms. The molecule has 2 amide bonds. The van der Waals surface area contributed by atoms with Crippen LogP contribution in [0.1, 0.15) is 43.2 Å². The Balaban J connectivity index is 1.29. The molecule has 2 heterocycles. The van der Waals surface area contributed by atoms with Crippen LogP contribution in [-0.2, 0) is 20.7 Å². The Morgan fingerprint density at radius 2 is 2.12 bits per heavy atom. The summed E-state index contributed by atoms with van der Waals surface area (Å²) in [4.78, 5) is 29.4. The maximum absolute atomic E-state index is 14.2. The molecule has 1 saturated carbocycles. The van der Waals surface area contributed by atoms with Gasteiger partial charge >= 0.3 is 0 Å². The fourth-order valence-electron chi connectivity index (χ4n) is 5.50. The predicted molar refractivity (Wildman–Crippen MR) is 121 cm³/mol. The number of likely N-dealkylation sites (tertiary alicyclic amines) is 1. The Hall–Kier alpha value is -2.19. The summed E-state index contributed by atoms with van der Waals surface area (Å²) in [5.41, 5.74) is 2.34. The van der Waals surface area contributed by atoms with E-state index in [2.05, 4.69) is 15.5 Å². The molecule has 1 saturated heterocycles. The molecule has 2 aliphatic heterocycles. The fourth-order valence-corrected chi connectivity index (χ4v) is 5.50. The first-order valence-corrected chi connectivity index (χ1v) is 11.7. The lowest BCUT2D eigenvalue weighted by atomic mass is 9.89. The Morgan fingerprint density at radius 1 is 1.31 bits per heavy atom. The van der Waals surface area contributed by atoms with Crippen LogP contribution in [0.5, 0.6) is 0 Å². The molecular weight excluding hydrogens is 411 g/mol. The normalized spacial score (nSPS) is 27.6. The van der Waals surface area contributed by atoms with Crippen molar-refractivity contribution >= 4 is 17.5 Å². The average molecular weight is 447 g/mol. The van der Waals surface area contributed by atoms with Crippen molar-refractivity contribution in [3.8, 4) is 0 Å². The summed E-state index contributed by atoms with van der Waals surface area (Å²) in [5.74, 6) is -0.275. The summed E-state index contributed by atoms with van der Waals surface area (Å²) >= 11 is 0. The van der Waals surface area contributed by atoms with E-state index in [-0.39, 0.29) is 36.3 Å². The number of hydrogen-bond acceptors (Lipinski definition) is 5. The highest BCUT2D eigenvalue weighted by Gasteiger charge is 2.36. The maximum Gasteiger partial charge on any atom is 0.248 e. The van der Waals surface area contributed by atoms with E-state index < -0.39 is 6.04 Å². The van der Waals surface area contributed by atoms with Crippen LogP contribution >= 0.6 is 0 Å². The lowest BCUT2D eigenvalue weighted by Crippen LogP contribution is -2.49. The van der Waals surface area contributed by atoms with Gasteiger partial charge in [0.1, 0.15) is 18.5 Å². The van der Waals surface area contributed by atoms with E-state index in [1.54, 1.807) is 13.2 Å². The number of halogens is 1. The van der Waals surface area contributed by atoms with Crippen LogP contribution in [0, 0.1) is 12.7 Å². The number of hydrogen-bond donors (Lipinski definition) is 2. The van der Waals surface area contributed by atoms with Crippen molar-refractivity contribution in [1.29, 1.82) is 0 Å². The average Bonchev–Trinajstić information content (AvgIpc) is 3.45. The lowest BCUT2D eigenvalue weighted by molar-refractivity contribution is -0.135. The minimum Gasteiger partial charge on any atom is -0.375 e. The van der Waals surface area contributed by atoms with Gasteiger partial charge in [-0.1, -0.05) is 6.07 Å². The molecular formula is C24H35FN4O3. The zero-order chi connectivity index (χ0) is 22.8.